The number of hydrogen-bond acceptors (Lipinski definition) is 2. The van der Waals surface area contributed by atoms with Crippen molar-refractivity contribution in [3.63, 3.8) is 0 Å². The molecule has 58 heavy (non-hydrogen) atoms. The first-order valence-corrected chi connectivity index (χ1v) is 20.1. The molecule has 1 N–H and O–H groups in total. The van der Waals surface area contributed by atoms with Crippen molar-refractivity contribution in [2.45, 2.75) is 0 Å². The van der Waals surface area contributed by atoms with Gasteiger partial charge >= 0.3 is 0 Å². The van der Waals surface area contributed by atoms with Crippen LogP contribution in [0.25, 0.3) is 115 Å². The predicted molar refractivity (Wildman–Crippen MR) is 249 cm³/mol. The zero-order valence-electron chi connectivity index (χ0n) is 31.7. The van der Waals surface area contributed by atoms with Crippen molar-refractivity contribution in [2.24, 2.45) is 0 Å². The molecule has 11 aromatic rings. The summed E-state index contributed by atoms with van der Waals surface area (Å²) >= 11 is 0. The summed E-state index contributed by atoms with van der Waals surface area (Å²) in [6, 6.07) is 69.1. The Bertz CT molecular complexity index is 3500. The molecule has 2 nitrogen and oxygen atoms in total. The van der Waals surface area contributed by atoms with E-state index < -0.39 is 0 Å². The van der Waals surface area contributed by atoms with E-state index in [9.17, 15) is 0 Å². The zero-order chi connectivity index (χ0) is 38.2. The van der Waals surface area contributed by atoms with E-state index in [2.05, 4.69) is 206 Å². The van der Waals surface area contributed by atoms with Crippen molar-refractivity contribution in [1.29, 1.82) is 0 Å². The van der Waals surface area contributed by atoms with Crippen LogP contribution in [-0.2, 0) is 0 Å². The van der Waals surface area contributed by atoms with E-state index in [1.165, 1.54) is 93.1 Å². The maximum atomic E-state index is 5.60. The highest BCUT2D eigenvalue weighted by Gasteiger charge is 2.20. The van der Waals surface area contributed by atoms with Gasteiger partial charge in [-0.25, -0.2) is 4.98 Å². The van der Waals surface area contributed by atoms with Crippen LogP contribution in [0, 0.1) is 0 Å². The second-order valence-corrected chi connectivity index (χ2v) is 15.4. The van der Waals surface area contributed by atoms with Crippen LogP contribution in [0.4, 0.5) is 5.69 Å². The van der Waals surface area contributed by atoms with E-state index in [4.69, 9.17) is 4.98 Å². The summed E-state index contributed by atoms with van der Waals surface area (Å²) in [4.78, 5) is 5.60. The number of benzene rings is 10. The number of hydrogen-bond donors (Lipinski definition) is 1. The molecule has 270 valence electrons. The molecule has 0 fully saturated rings. The molecule has 0 atom stereocenters. The molecular formula is C56H36N2. The van der Waals surface area contributed by atoms with Gasteiger partial charge in [0.05, 0.1) is 11.2 Å². The van der Waals surface area contributed by atoms with Crippen LogP contribution in [0.1, 0.15) is 5.56 Å². The maximum absolute atomic E-state index is 5.60. The van der Waals surface area contributed by atoms with Gasteiger partial charge in [0.2, 0.25) is 0 Å². The summed E-state index contributed by atoms with van der Waals surface area (Å²) in [6.45, 7) is 0.835. The van der Waals surface area contributed by atoms with Gasteiger partial charge in [-0.05, 0) is 106 Å². The van der Waals surface area contributed by atoms with Crippen molar-refractivity contribution >= 4 is 76.5 Å². The van der Waals surface area contributed by atoms with Crippen LogP contribution < -0.4 is 5.32 Å². The molecule has 12 rings (SSSR count). The van der Waals surface area contributed by atoms with Crippen molar-refractivity contribution in [2.75, 3.05) is 11.9 Å². The van der Waals surface area contributed by atoms with Gasteiger partial charge in [0, 0.05) is 34.1 Å². The van der Waals surface area contributed by atoms with Crippen LogP contribution in [-0.4, -0.2) is 11.5 Å². The van der Waals surface area contributed by atoms with E-state index in [0.717, 1.165) is 34.1 Å². The summed E-state index contributed by atoms with van der Waals surface area (Å²) in [6.07, 6.45) is 4.38. The molecule has 1 aliphatic rings. The molecule has 1 aromatic heterocycles. The minimum absolute atomic E-state index is 0.835. The fourth-order valence-electron chi connectivity index (χ4n) is 9.52. The van der Waals surface area contributed by atoms with Gasteiger partial charge in [-0.2, -0.15) is 0 Å². The Morgan fingerprint density at radius 3 is 1.50 bits per heavy atom. The molecule has 10 aromatic carbocycles. The Morgan fingerprint density at radius 2 is 0.862 bits per heavy atom. The van der Waals surface area contributed by atoms with Crippen molar-refractivity contribution in [3.05, 3.63) is 200 Å². The summed E-state index contributed by atoms with van der Waals surface area (Å²) in [5.74, 6) is 0. The second-order valence-electron chi connectivity index (χ2n) is 15.4. The number of nitrogens with one attached hydrogen (secondary N) is 1. The summed E-state index contributed by atoms with van der Waals surface area (Å²) in [5.41, 5.74) is 12.7. The number of aromatic nitrogens is 1. The molecule has 0 saturated carbocycles. The standard InChI is InChI=1S/C56H36N2/c1-3-17-40-38(13-1)31-49(45-21-7-5-19-43(40)45)51-33-53-52(50-32-39-14-2-4-18-41(39)44-20-6-8-22-46(44)50)34-54(58-56(53)48-24-10-9-23-47(48)51)36-28-26-35(27-29-36)42-25-11-15-37-16-12-30-57-55(37)42/h1-29,31-34,57H,30H2. The minimum Gasteiger partial charge on any atom is -0.381 e. The molecular weight excluding hydrogens is 701 g/mol. The predicted octanol–water partition coefficient (Wildman–Crippen LogP) is 15.1. The number of para-hydroxylation sites is 1. The monoisotopic (exact) mass is 736 g/mol. The van der Waals surface area contributed by atoms with Crippen LogP contribution >= 0.6 is 0 Å². The first kappa shape index (κ1) is 32.7. The first-order valence-electron chi connectivity index (χ1n) is 20.1. The number of anilines is 1. The van der Waals surface area contributed by atoms with Crippen LogP contribution in [0.3, 0.4) is 0 Å². The smallest absolute Gasteiger partial charge is 0.0794 e. The summed E-state index contributed by atoms with van der Waals surface area (Å²) < 4.78 is 0. The van der Waals surface area contributed by atoms with Crippen molar-refractivity contribution < 1.29 is 0 Å². The van der Waals surface area contributed by atoms with E-state index >= 15 is 0 Å². The van der Waals surface area contributed by atoms with Crippen LogP contribution in [0.15, 0.2) is 194 Å². The lowest BCUT2D eigenvalue weighted by Gasteiger charge is -2.19. The third-order valence-corrected chi connectivity index (χ3v) is 12.2. The highest BCUT2D eigenvalue weighted by molar-refractivity contribution is 6.23. The Morgan fingerprint density at radius 1 is 0.362 bits per heavy atom. The quantitative estimate of drug-likeness (QED) is 0.182. The molecule has 0 saturated heterocycles. The van der Waals surface area contributed by atoms with Crippen LogP contribution in [0.2, 0.25) is 0 Å². The van der Waals surface area contributed by atoms with Gasteiger partial charge in [-0.1, -0.05) is 176 Å². The first-order chi connectivity index (χ1) is 28.8. The Kier molecular flexibility index (Phi) is 7.33. The lowest BCUT2D eigenvalue weighted by Crippen LogP contribution is -2.05. The normalized spacial score (nSPS) is 12.5. The van der Waals surface area contributed by atoms with Gasteiger partial charge < -0.3 is 5.32 Å². The summed E-state index contributed by atoms with van der Waals surface area (Å²) in [7, 11) is 0. The minimum atomic E-state index is 0.835. The molecule has 0 radical (unpaired) electrons. The molecule has 0 aliphatic carbocycles. The lowest BCUT2D eigenvalue weighted by atomic mass is 9.86. The topological polar surface area (TPSA) is 24.9 Å². The van der Waals surface area contributed by atoms with Crippen molar-refractivity contribution in [1.82, 2.24) is 4.98 Å². The molecule has 2 heteroatoms. The van der Waals surface area contributed by atoms with E-state index in [0.29, 0.717) is 0 Å². The lowest BCUT2D eigenvalue weighted by molar-refractivity contribution is 1.31. The Labute approximate surface area is 336 Å². The largest absolute Gasteiger partial charge is 0.381 e. The fourth-order valence-corrected chi connectivity index (χ4v) is 9.52. The number of nitrogens with zero attached hydrogens (tertiary/aromatic N) is 1. The van der Waals surface area contributed by atoms with E-state index in [1.807, 2.05) is 0 Å². The number of rotatable bonds is 4. The van der Waals surface area contributed by atoms with Gasteiger partial charge in [0.1, 0.15) is 0 Å². The second kappa shape index (κ2) is 13.0. The molecule has 0 spiro atoms. The van der Waals surface area contributed by atoms with E-state index in [1.54, 1.807) is 0 Å². The van der Waals surface area contributed by atoms with Crippen molar-refractivity contribution in [3.8, 4) is 44.6 Å². The Hall–Kier alpha value is -7.55. The highest BCUT2D eigenvalue weighted by atomic mass is 14.9. The highest BCUT2D eigenvalue weighted by Crippen LogP contribution is 2.46. The molecule has 2 heterocycles. The average Bonchev–Trinajstić information content (AvgIpc) is 3.30. The number of fused-ring (bicyclic) bond motifs is 10. The fraction of sp³-hybridized carbons (Fsp3) is 0.0179. The zero-order valence-corrected chi connectivity index (χ0v) is 31.7. The maximum Gasteiger partial charge on any atom is 0.0794 e. The molecule has 1 aliphatic heterocycles. The molecule has 0 unspecified atom stereocenters. The Balaban J connectivity index is 1.16. The third kappa shape index (κ3) is 5.09. The van der Waals surface area contributed by atoms with E-state index in [-0.39, 0.29) is 0 Å². The third-order valence-electron chi connectivity index (χ3n) is 12.2. The van der Waals surface area contributed by atoms with Gasteiger partial charge in [-0.3, -0.25) is 0 Å². The average molecular weight is 737 g/mol. The van der Waals surface area contributed by atoms with Gasteiger partial charge in [0.15, 0.2) is 0 Å². The van der Waals surface area contributed by atoms with Gasteiger partial charge in [0.25, 0.3) is 0 Å². The molecule has 0 amide bonds. The summed E-state index contributed by atoms with van der Waals surface area (Å²) in [5, 5.41) is 17.1. The van der Waals surface area contributed by atoms with Gasteiger partial charge in [-0.15, -0.1) is 0 Å². The molecule has 0 bridgehead atoms. The number of pyridine rings is 1. The SMILES string of the molecule is C1=Cc2cccc(-c3ccc(-c4cc(-c5cc6ccccc6c6ccccc56)c5cc(-c6cc7ccccc7c7ccccc67)c6ccccc6c5n4)cc3)c2NC1. The van der Waals surface area contributed by atoms with Crippen LogP contribution in [0.5, 0.6) is 0 Å².